The molecule has 2 N–H and O–H groups in total. The van der Waals surface area contributed by atoms with Gasteiger partial charge in [0.1, 0.15) is 6.33 Å². The molecule has 6 rings (SSSR count). The van der Waals surface area contributed by atoms with Crippen LogP contribution in [-0.2, 0) is 0 Å². The molecule has 2 aliphatic rings. The highest BCUT2D eigenvalue weighted by Gasteiger charge is 2.37. The molecule has 5 nitrogen and oxygen atoms in total. The van der Waals surface area contributed by atoms with Crippen molar-refractivity contribution in [2.45, 2.75) is 52.4 Å². The van der Waals surface area contributed by atoms with Gasteiger partial charge in [0.05, 0.1) is 5.69 Å². The summed E-state index contributed by atoms with van der Waals surface area (Å²) in [6.45, 7) is 11.4. The highest BCUT2D eigenvalue weighted by atomic mass is 15.2. The molecule has 2 unspecified atom stereocenters. The van der Waals surface area contributed by atoms with Crippen molar-refractivity contribution in [2.75, 3.05) is 13.1 Å². The van der Waals surface area contributed by atoms with Gasteiger partial charge in [-0.3, -0.25) is 4.40 Å². The molecule has 0 spiro atoms. The van der Waals surface area contributed by atoms with Gasteiger partial charge < -0.3 is 10.3 Å². The van der Waals surface area contributed by atoms with Crippen molar-refractivity contribution in [2.24, 2.45) is 11.8 Å². The molecule has 2 fully saturated rings. The third-order valence-corrected chi connectivity index (χ3v) is 7.98. The molecule has 0 bridgehead atoms. The van der Waals surface area contributed by atoms with Gasteiger partial charge in [0, 0.05) is 22.7 Å². The Balaban J connectivity index is 1.50. The van der Waals surface area contributed by atoms with Crippen LogP contribution in [0, 0.1) is 25.7 Å². The van der Waals surface area contributed by atoms with Crippen LogP contribution >= 0.6 is 0 Å². The van der Waals surface area contributed by atoms with Crippen LogP contribution in [0.25, 0.3) is 27.8 Å². The molecule has 4 heterocycles. The van der Waals surface area contributed by atoms with Crippen LogP contribution in [0.1, 0.15) is 60.8 Å². The summed E-state index contributed by atoms with van der Waals surface area (Å²) in [6, 6.07) is 7.17. The second kappa shape index (κ2) is 6.92. The van der Waals surface area contributed by atoms with Gasteiger partial charge in [-0.1, -0.05) is 19.9 Å². The summed E-state index contributed by atoms with van der Waals surface area (Å²) in [6.07, 6.45) is 6.65. The SMILES string of the molecule is Cc1c(-c2[nH]c3ccc(C4CC5CNCC5C4)cc3c2C(C)C)cn2cnnc2c1C. The lowest BCUT2D eigenvalue weighted by Gasteiger charge is -2.14. The van der Waals surface area contributed by atoms with Crippen molar-refractivity contribution in [1.29, 1.82) is 0 Å². The Morgan fingerprint density at radius 3 is 2.58 bits per heavy atom. The molecule has 1 saturated carbocycles. The number of H-pyrrole nitrogens is 1. The largest absolute Gasteiger partial charge is 0.354 e. The summed E-state index contributed by atoms with van der Waals surface area (Å²) in [5.74, 6) is 2.88. The zero-order valence-corrected chi connectivity index (χ0v) is 18.9. The average Bonchev–Trinajstić information content (AvgIpc) is 3.51. The quantitative estimate of drug-likeness (QED) is 0.477. The number of rotatable bonds is 3. The van der Waals surface area contributed by atoms with Crippen LogP contribution < -0.4 is 5.32 Å². The van der Waals surface area contributed by atoms with E-state index in [0.29, 0.717) is 11.8 Å². The van der Waals surface area contributed by atoms with Crippen molar-refractivity contribution < 1.29 is 0 Å². The van der Waals surface area contributed by atoms with E-state index >= 15 is 0 Å². The molecule has 2 atom stereocenters. The maximum absolute atomic E-state index is 4.29. The van der Waals surface area contributed by atoms with E-state index in [1.165, 1.54) is 70.3 Å². The molecule has 0 amide bonds. The Hall–Kier alpha value is -2.66. The number of aromatic amines is 1. The zero-order valence-electron chi connectivity index (χ0n) is 18.9. The third-order valence-electron chi connectivity index (χ3n) is 7.98. The summed E-state index contributed by atoms with van der Waals surface area (Å²) >= 11 is 0. The number of aryl methyl sites for hydroxylation is 1. The zero-order chi connectivity index (χ0) is 21.3. The normalized spacial score (nSPS) is 23.5. The van der Waals surface area contributed by atoms with Gasteiger partial charge in [-0.2, -0.15) is 0 Å². The first-order valence-corrected chi connectivity index (χ1v) is 11.7. The van der Waals surface area contributed by atoms with Crippen LogP contribution in [0.5, 0.6) is 0 Å². The third kappa shape index (κ3) is 2.86. The maximum Gasteiger partial charge on any atom is 0.163 e. The topological polar surface area (TPSA) is 58.0 Å². The van der Waals surface area contributed by atoms with E-state index < -0.39 is 0 Å². The van der Waals surface area contributed by atoms with Crippen molar-refractivity contribution in [3.05, 3.63) is 53.0 Å². The van der Waals surface area contributed by atoms with Crippen LogP contribution in [-0.4, -0.2) is 32.7 Å². The van der Waals surface area contributed by atoms with Gasteiger partial charge in [0.2, 0.25) is 0 Å². The van der Waals surface area contributed by atoms with Gasteiger partial charge in [0.25, 0.3) is 0 Å². The van der Waals surface area contributed by atoms with E-state index in [2.05, 4.69) is 72.6 Å². The van der Waals surface area contributed by atoms with Crippen LogP contribution in [0.4, 0.5) is 0 Å². The number of nitrogens with zero attached hydrogens (tertiary/aromatic N) is 3. The molecular weight excluding hydrogens is 382 g/mol. The number of pyridine rings is 1. The Morgan fingerprint density at radius 2 is 1.84 bits per heavy atom. The predicted octanol–water partition coefficient (Wildman–Crippen LogP) is 5.33. The Bertz CT molecular complexity index is 1280. The lowest BCUT2D eigenvalue weighted by molar-refractivity contribution is 0.494. The molecule has 0 radical (unpaired) electrons. The van der Waals surface area contributed by atoms with Crippen molar-refractivity contribution in [3.63, 3.8) is 0 Å². The van der Waals surface area contributed by atoms with E-state index in [-0.39, 0.29) is 0 Å². The van der Waals surface area contributed by atoms with Gasteiger partial charge >= 0.3 is 0 Å². The lowest BCUT2D eigenvalue weighted by atomic mass is 9.90. The lowest BCUT2D eigenvalue weighted by Crippen LogP contribution is -2.11. The van der Waals surface area contributed by atoms with Gasteiger partial charge in [-0.05, 0) is 97.8 Å². The predicted molar refractivity (Wildman–Crippen MR) is 126 cm³/mol. The van der Waals surface area contributed by atoms with E-state index in [1.807, 2.05) is 4.40 Å². The number of nitrogens with one attached hydrogen (secondary N) is 2. The van der Waals surface area contributed by atoms with Crippen molar-refractivity contribution in [3.8, 4) is 11.3 Å². The molecule has 3 aromatic heterocycles. The fourth-order valence-electron chi connectivity index (χ4n) is 6.20. The van der Waals surface area contributed by atoms with Crippen LogP contribution in [0.15, 0.2) is 30.7 Å². The van der Waals surface area contributed by atoms with E-state index in [9.17, 15) is 0 Å². The molecule has 5 heteroatoms. The fraction of sp³-hybridized carbons (Fsp3) is 0.462. The van der Waals surface area contributed by atoms with E-state index in [0.717, 1.165) is 17.5 Å². The van der Waals surface area contributed by atoms with E-state index in [1.54, 1.807) is 6.33 Å². The van der Waals surface area contributed by atoms with E-state index in [4.69, 9.17) is 0 Å². The first-order valence-electron chi connectivity index (χ1n) is 11.7. The first-order chi connectivity index (χ1) is 15.0. The Labute approximate surface area is 183 Å². The van der Waals surface area contributed by atoms with Gasteiger partial charge in [-0.25, -0.2) is 0 Å². The fourth-order valence-corrected chi connectivity index (χ4v) is 6.20. The molecule has 31 heavy (non-hydrogen) atoms. The molecule has 1 aliphatic carbocycles. The summed E-state index contributed by atoms with van der Waals surface area (Å²) in [5, 5.41) is 13.4. The molecular formula is C26H31N5. The number of hydrogen-bond donors (Lipinski definition) is 2. The summed E-state index contributed by atoms with van der Waals surface area (Å²) in [5.41, 5.74) is 10.1. The summed E-state index contributed by atoms with van der Waals surface area (Å²) in [4.78, 5) is 3.78. The molecule has 160 valence electrons. The number of aromatic nitrogens is 4. The maximum atomic E-state index is 4.29. The highest BCUT2D eigenvalue weighted by Crippen LogP contribution is 2.45. The van der Waals surface area contributed by atoms with Crippen molar-refractivity contribution in [1.82, 2.24) is 24.9 Å². The second-order valence-electron chi connectivity index (χ2n) is 10.1. The second-order valence-corrected chi connectivity index (χ2v) is 10.1. The Kier molecular flexibility index (Phi) is 4.26. The molecule has 4 aromatic rings. The highest BCUT2D eigenvalue weighted by molar-refractivity contribution is 5.92. The van der Waals surface area contributed by atoms with Gasteiger partial charge in [-0.15, -0.1) is 10.2 Å². The summed E-state index contributed by atoms with van der Waals surface area (Å²) in [7, 11) is 0. The number of fused-ring (bicyclic) bond motifs is 3. The average molecular weight is 414 g/mol. The minimum Gasteiger partial charge on any atom is -0.354 e. The van der Waals surface area contributed by atoms with Crippen molar-refractivity contribution >= 4 is 16.6 Å². The first kappa shape index (κ1) is 19.1. The molecule has 1 aliphatic heterocycles. The smallest absolute Gasteiger partial charge is 0.163 e. The molecule has 1 saturated heterocycles. The minimum absolute atomic E-state index is 0.433. The van der Waals surface area contributed by atoms with Crippen LogP contribution in [0.3, 0.4) is 0 Å². The van der Waals surface area contributed by atoms with Crippen LogP contribution in [0.2, 0.25) is 0 Å². The Morgan fingerprint density at radius 1 is 1.06 bits per heavy atom. The minimum atomic E-state index is 0.433. The summed E-state index contributed by atoms with van der Waals surface area (Å²) < 4.78 is 2.05. The number of hydrogen-bond acceptors (Lipinski definition) is 3. The van der Waals surface area contributed by atoms with Gasteiger partial charge in [0.15, 0.2) is 5.65 Å². The standard InChI is InChI=1S/C26H31N5/c1-14(2)24-21-9-17(18-7-19-10-27-11-20(19)8-18)5-6-23(21)29-25(24)22-12-31-13-28-30-26(31)16(4)15(22)3/h5-6,9,12-14,18-20,27,29H,7-8,10-11H2,1-4H3. The monoisotopic (exact) mass is 413 g/mol. The molecule has 1 aromatic carbocycles. The number of benzene rings is 1.